The summed E-state index contributed by atoms with van der Waals surface area (Å²) in [5.74, 6) is -0.789. The molecule has 3 heteroatoms. The zero-order valence-corrected chi connectivity index (χ0v) is 11.7. The second-order valence-electron chi connectivity index (χ2n) is 5.42. The highest BCUT2D eigenvalue weighted by Gasteiger charge is 2.30. The lowest BCUT2D eigenvalue weighted by Crippen LogP contribution is -2.29. The Labute approximate surface area is 117 Å². The van der Waals surface area contributed by atoms with Crippen molar-refractivity contribution in [3.63, 3.8) is 0 Å². The molecule has 104 valence electrons. The fourth-order valence-corrected chi connectivity index (χ4v) is 2.14. The summed E-state index contributed by atoms with van der Waals surface area (Å²) in [4.78, 5) is 12.6. The second kappa shape index (κ2) is 5.16. The van der Waals surface area contributed by atoms with Crippen LogP contribution < -0.4 is 0 Å². The Balaban J connectivity index is 2.39. The Morgan fingerprint density at radius 2 is 1.60 bits per heavy atom. The van der Waals surface area contributed by atoms with Crippen LogP contribution in [-0.4, -0.2) is 5.78 Å². The minimum absolute atomic E-state index is 0.118. The van der Waals surface area contributed by atoms with Gasteiger partial charge < -0.3 is 0 Å². The number of hydrogen-bond donors (Lipinski definition) is 0. The largest absolute Gasteiger partial charge is 0.293 e. The summed E-state index contributed by atoms with van der Waals surface area (Å²) in [6.07, 6.45) is 0. The lowest BCUT2D eigenvalue weighted by Gasteiger charge is -2.24. The van der Waals surface area contributed by atoms with Gasteiger partial charge in [0.25, 0.3) is 0 Å². The van der Waals surface area contributed by atoms with Crippen LogP contribution in [0.3, 0.4) is 0 Å². The fraction of sp³-hybridized carbons (Fsp3) is 0.235. The van der Waals surface area contributed by atoms with Gasteiger partial charge in [-0.25, -0.2) is 8.78 Å². The maximum absolute atomic E-state index is 13.3. The summed E-state index contributed by atoms with van der Waals surface area (Å²) in [6, 6.07) is 10.2. The number of halogens is 2. The molecule has 2 aromatic carbocycles. The van der Waals surface area contributed by atoms with E-state index >= 15 is 0 Å². The van der Waals surface area contributed by atoms with Gasteiger partial charge in [0.2, 0.25) is 0 Å². The number of hydrogen-bond acceptors (Lipinski definition) is 1. The molecule has 0 atom stereocenters. The average Bonchev–Trinajstić information content (AvgIpc) is 2.41. The van der Waals surface area contributed by atoms with Crippen molar-refractivity contribution in [2.45, 2.75) is 26.2 Å². The van der Waals surface area contributed by atoms with Gasteiger partial charge in [-0.2, -0.15) is 0 Å². The zero-order chi connectivity index (χ0) is 14.9. The molecule has 0 fully saturated rings. The fourth-order valence-electron chi connectivity index (χ4n) is 2.14. The van der Waals surface area contributed by atoms with Crippen LogP contribution in [0, 0.1) is 18.6 Å². The minimum Gasteiger partial charge on any atom is -0.293 e. The van der Waals surface area contributed by atoms with Crippen LogP contribution in [0.1, 0.15) is 35.3 Å². The zero-order valence-electron chi connectivity index (χ0n) is 11.7. The number of rotatable bonds is 3. The van der Waals surface area contributed by atoms with Crippen molar-refractivity contribution < 1.29 is 13.6 Å². The topological polar surface area (TPSA) is 17.1 Å². The molecule has 0 aromatic heterocycles. The number of benzene rings is 2. The van der Waals surface area contributed by atoms with Crippen LogP contribution in [0.15, 0.2) is 42.5 Å². The molecule has 0 unspecified atom stereocenters. The van der Waals surface area contributed by atoms with Crippen LogP contribution in [-0.2, 0) is 5.41 Å². The van der Waals surface area contributed by atoms with Gasteiger partial charge in [0, 0.05) is 5.56 Å². The van der Waals surface area contributed by atoms with Crippen molar-refractivity contribution in [2.24, 2.45) is 0 Å². The standard InChI is InChI=1S/C17H16F2O/c1-11-10-12(4-9-15(11)19)16(20)17(2,3)13-5-7-14(18)8-6-13/h4-10H,1-3H3. The van der Waals surface area contributed by atoms with E-state index in [1.165, 1.54) is 24.3 Å². The van der Waals surface area contributed by atoms with Crippen molar-refractivity contribution in [3.05, 3.63) is 70.8 Å². The first-order valence-corrected chi connectivity index (χ1v) is 6.39. The van der Waals surface area contributed by atoms with Gasteiger partial charge in [-0.3, -0.25) is 4.79 Å². The number of carbonyl (C=O) groups is 1. The summed E-state index contributed by atoms with van der Waals surface area (Å²) in [5, 5.41) is 0. The van der Waals surface area contributed by atoms with Crippen LogP contribution in [0.25, 0.3) is 0 Å². The van der Waals surface area contributed by atoms with Gasteiger partial charge in [0.1, 0.15) is 11.6 Å². The summed E-state index contributed by atoms with van der Waals surface area (Å²) in [5.41, 5.74) is 0.827. The molecule has 0 heterocycles. The lowest BCUT2D eigenvalue weighted by atomic mass is 9.78. The van der Waals surface area contributed by atoms with E-state index in [0.29, 0.717) is 11.1 Å². The Hall–Kier alpha value is -2.03. The molecule has 0 aliphatic rings. The molecule has 0 amide bonds. The van der Waals surface area contributed by atoms with E-state index in [9.17, 15) is 13.6 Å². The average molecular weight is 274 g/mol. The highest BCUT2D eigenvalue weighted by molar-refractivity contribution is 6.03. The molecule has 0 spiro atoms. The van der Waals surface area contributed by atoms with E-state index in [-0.39, 0.29) is 17.4 Å². The monoisotopic (exact) mass is 274 g/mol. The second-order valence-corrected chi connectivity index (χ2v) is 5.42. The van der Waals surface area contributed by atoms with E-state index in [1.807, 2.05) is 0 Å². The summed E-state index contributed by atoms with van der Waals surface area (Å²) >= 11 is 0. The third-order valence-corrected chi connectivity index (χ3v) is 3.55. The number of aryl methyl sites for hydroxylation is 1. The summed E-state index contributed by atoms with van der Waals surface area (Å²) < 4.78 is 26.2. The lowest BCUT2D eigenvalue weighted by molar-refractivity contribution is 0.0908. The predicted octanol–water partition coefficient (Wildman–Crippen LogP) is 4.43. The Kier molecular flexibility index (Phi) is 3.71. The third kappa shape index (κ3) is 2.62. The first kappa shape index (κ1) is 14.4. The molecule has 0 saturated heterocycles. The van der Waals surface area contributed by atoms with Crippen molar-refractivity contribution in [1.82, 2.24) is 0 Å². The van der Waals surface area contributed by atoms with E-state index in [0.717, 1.165) is 5.56 Å². The molecule has 1 nitrogen and oxygen atoms in total. The van der Waals surface area contributed by atoms with Crippen LogP contribution in [0.2, 0.25) is 0 Å². The Morgan fingerprint density at radius 1 is 1.00 bits per heavy atom. The van der Waals surface area contributed by atoms with Crippen molar-refractivity contribution >= 4 is 5.78 Å². The van der Waals surface area contributed by atoms with Crippen molar-refractivity contribution in [1.29, 1.82) is 0 Å². The Morgan fingerprint density at radius 3 is 2.15 bits per heavy atom. The highest BCUT2D eigenvalue weighted by Crippen LogP contribution is 2.28. The van der Waals surface area contributed by atoms with Gasteiger partial charge in [-0.15, -0.1) is 0 Å². The van der Waals surface area contributed by atoms with Gasteiger partial charge in [-0.05, 0) is 62.2 Å². The molecule has 0 aliphatic heterocycles. The molecule has 0 bridgehead atoms. The molecule has 0 N–H and O–H groups in total. The van der Waals surface area contributed by atoms with Crippen LogP contribution in [0.4, 0.5) is 8.78 Å². The maximum atomic E-state index is 13.3. The van der Waals surface area contributed by atoms with E-state index < -0.39 is 5.41 Å². The molecular formula is C17H16F2O. The van der Waals surface area contributed by atoms with E-state index in [2.05, 4.69) is 0 Å². The van der Waals surface area contributed by atoms with E-state index in [4.69, 9.17) is 0 Å². The van der Waals surface area contributed by atoms with Crippen LogP contribution in [0.5, 0.6) is 0 Å². The molecule has 0 radical (unpaired) electrons. The number of carbonyl (C=O) groups excluding carboxylic acids is 1. The van der Waals surface area contributed by atoms with Crippen LogP contribution >= 0.6 is 0 Å². The smallest absolute Gasteiger partial charge is 0.172 e. The molecule has 2 aromatic rings. The normalized spacial score (nSPS) is 11.4. The van der Waals surface area contributed by atoms with Crippen molar-refractivity contribution in [3.8, 4) is 0 Å². The predicted molar refractivity (Wildman–Crippen MR) is 74.9 cm³/mol. The molecule has 0 aliphatic carbocycles. The summed E-state index contributed by atoms with van der Waals surface area (Å²) in [7, 11) is 0. The van der Waals surface area contributed by atoms with Gasteiger partial charge in [-0.1, -0.05) is 12.1 Å². The van der Waals surface area contributed by atoms with Gasteiger partial charge in [0.05, 0.1) is 5.41 Å². The van der Waals surface area contributed by atoms with Gasteiger partial charge in [0.15, 0.2) is 5.78 Å². The van der Waals surface area contributed by atoms with Crippen molar-refractivity contribution in [2.75, 3.05) is 0 Å². The quantitative estimate of drug-likeness (QED) is 0.756. The third-order valence-electron chi connectivity index (χ3n) is 3.55. The number of ketones is 1. The van der Waals surface area contributed by atoms with E-state index in [1.54, 1.807) is 39.0 Å². The SMILES string of the molecule is Cc1cc(C(=O)C(C)(C)c2ccc(F)cc2)ccc1F. The highest BCUT2D eigenvalue weighted by atomic mass is 19.1. The first-order chi connectivity index (χ1) is 9.32. The summed E-state index contributed by atoms with van der Waals surface area (Å²) in [6.45, 7) is 5.18. The molecule has 20 heavy (non-hydrogen) atoms. The Bertz CT molecular complexity index is 643. The number of Topliss-reactive ketones (excluding diaryl/α,β-unsaturated/α-hetero) is 1. The minimum atomic E-state index is -0.794. The molecule has 0 saturated carbocycles. The maximum Gasteiger partial charge on any atom is 0.172 e. The molecule has 2 rings (SSSR count). The first-order valence-electron chi connectivity index (χ1n) is 6.39. The van der Waals surface area contributed by atoms with Gasteiger partial charge >= 0.3 is 0 Å². The molecular weight excluding hydrogens is 258 g/mol.